The fourth-order valence-electron chi connectivity index (χ4n) is 2.77. The summed E-state index contributed by atoms with van der Waals surface area (Å²) in [5.74, 6) is -0.542. The standard InChI is InChI=1S/C16H14BrFN4O/c1-2-3-12-14-13(8-4-5-10(17)11(18)6-8)9(7-19)15(20)23-16(14)22-21-12/h4-6,13H,2-3,20H2,1H3,(H,21,22)/t13-/m1/s1. The first-order valence-corrected chi connectivity index (χ1v) is 7.95. The lowest BCUT2D eigenvalue weighted by atomic mass is 9.83. The Balaban J connectivity index is 2.21. The topological polar surface area (TPSA) is 87.7 Å². The minimum atomic E-state index is -0.494. The van der Waals surface area contributed by atoms with Crippen LogP contribution in [0.5, 0.6) is 5.88 Å². The van der Waals surface area contributed by atoms with Crippen LogP contribution >= 0.6 is 15.9 Å². The van der Waals surface area contributed by atoms with Crippen molar-refractivity contribution >= 4 is 15.9 Å². The molecule has 3 rings (SSSR count). The third-order valence-electron chi connectivity index (χ3n) is 3.79. The summed E-state index contributed by atoms with van der Waals surface area (Å²) >= 11 is 3.14. The Morgan fingerprint density at radius 2 is 2.30 bits per heavy atom. The van der Waals surface area contributed by atoms with Gasteiger partial charge >= 0.3 is 0 Å². The maximum Gasteiger partial charge on any atom is 0.244 e. The number of aromatic amines is 1. The number of nitrogens with zero attached hydrogens (tertiary/aromatic N) is 2. The number of nitriles is 1. The van der Waals surface area contributed by atoms with Crippen molar-refractivity contribution < 1.29 is 9.13 Å². The lowest BCUT2D eigenvalue weighted by molar-refractivity contribution is 0.378. The summed E-state index contributed by atoms with van der Waals surface area (Å²) in [6.45, 7) is 2.04. The number of benzene rings is 1. The fraction of sp³-hybridized carbons (Fsp3) is 0.250. The van der Waals surface area contributed by atoms with Gasteiger partial charge in [-0.2, -0.15) is 5.26 Å². The van der Waals surface area contributed by atoms with E-state index < -0.39 is 11.7 Å². The molecule has 2 heterocycles. The number of nitrogens with two attached hydrogens (primary N) is 1. The van der Waals surface area contributed by atoms with Crippen molar-refractivity contribution in [3.63, 3.8) is 0 Å². The number of allylic oxidation sites excluding steroid dienone is 1. The van der Waals surface area contributed by atoms with E-state index in [0.717, 1.165) is 24.1 Å². The van der Waals surface area contributed by atoms with E-state index in [2.05, 4.69) is 32.2 Å². The molecule has 0 spiro atoms. The highest BCUT2D eigenvalue weighted by molar-refractivity contribution is 9.10. The van der Waals surface area contributed by atoms with Crippen molar-refractivity contribution in [2.75, 3.05) is 0 Å². The molecule has 1 aliphatic rings. The predicted octanol–water partition coefficient (Wildman–Crippen LogP) is 3.48. The van der Waals surface area contributed by atoms with E-state index in [1.54, 1.807) is 12.1 Å². The van der Waals surface area contributed by atoms with Gasteiger partial charge in [-0.05, 0) is 40.0 Å². The third-order valence-corrected chi connectivity index (χ3v) is 4.44. The molecule has 3 N–H and O–H groups in total. The van der Waals surface area contributed by atoms with Crippen LogP contribution in [0.15, 0.2) is 34.1 Å². The molecule has 7 heteroatoms. The summed E-state index contributed by atoms with van der Waals surface area (Å²) < 4.78 is 19.8. The first-order valence-electron chi connectivity index (χ1n) is 7.16. The zero-order valence-corrected chi connectivity index (χ0v) is 13.9. The highest BCUT2D eigenvalue weighted by Crippen LogP contribution is 2.43. The number of hydrogen-bond acceptors (Lipinski definition) is 4. The Kier molecular flexibility index (Phi) is 4.09. The van der Waals surface area contributed by atoms with Gasteiger partial charge in [-0.1, -0.05) is 19.4 Å². The van der Waals surface area contributed by atoms with Gasteiger partial charge in [-0.25, -0.2) is 4.39 Å². The Hall–Kier alpha value is -2.33. The van der Waals surface area contributed by atoms with Gasteiger partial charge in [0.25, 0.3) is 0 Å². The summed E-state index contributed by atoms with van der Waals surface area (Å²) in [6.07, 6.45) is 1.65. The van der Waals surface area contributed by atoms with Crippen LogP contribution in [0.25, 0.3) is 0 Å². The summed E-state index contributed by atoms with van der Waals surface area (Å²) in [5.41, 5.74) is 8.38. The van der Waals surface area contributed by atoms with E-state index in [1.807, 2.05) is 6.92 Å². The van der Waals surface area contributed by atoms with Crippen LogP contribution in [-0.2, 0) is 6.42 Å². The lowest BCUT2D eigenvalue weighted by Gasteiger charge is -2.24. The quantitative estimate of drug-likeness (QED) is 0.857. The molecule has 1 aromatic carbocycles. The molecule has 1 aromatic heterocycles. The first-order chi connectivity index (χ1) is 11.1. The van der Waals surface area contributed by atoms with E-state index in [1.165, 1.54) is 6.07 Å². The van der Waals surface area contributed by atoms with Crippen LogP contribution in [0, 0.1) is 17.1 Å². The number of H-pyrrole nitrogens is 1. The van der Waals surface area contributed by atoms with Gasteiger partial charge in [0.2, 0.25) is 11.8 Å². The monoisotopic (exact) mass is 376 g/mol. The van der Waals surface area contributed by atoms with Gasteiger partial charge in [-0.15, -0.1) is 5.10 Å². The minimum Gasteiger partial charge on any atom is -0.420 e. The molecule has 1 atom stereocenters. The first kappa shape index (κ1) is 15.6. The normalized spacial score (nSPS) is 16.7. The van der Waals surface area contributed by atoms with Crippen LogP contribution in [0.1, 0.15) is 36.1 Å². The SMILES string of the molecule is CCCc1[nH]nc2c1[C@H](c1ccc(Br)c(F)c1)C(C#N)=C(N)O2. The van der Waals surface area contributed by atoms with Crippen LogP contribution in [0.2, 0.25) is 0 Å². The number of aromatic nitrogens is 2. The van der Waals surface area contributed by atoms with Gasteiger partial charge in [0, 0.05) is 11.3 Å². The predicted molar refractivity (Wildman–Crippen MR) is 86.0 cm³/mol. The maximum atomic E-state index is 14.0. The van der Waals surface area contributed by atoms with Crippen LogP contribution in [0.4, 0.5) is 4.39 Å². The van der Waals surface area contributed by atoms with E-state index in [-0.39, 0.29) is 11.5 Å². The summed E-state index contributed by atoms with van der Waals surface area (Å²) in [7, 11) is 0. The summed E-state index contributed by atoms with van der Waals surface area (Å²) in [4.78, 5) is 0. The number of ether oxygens (including phenoxy) is 1. The number of hydrogen-bond donors (Lipinski definition) is 2. The number of fused-ring (bicyclic) bond motifs is 1. The molecule has 0 bridgehead atoms. The van der Waals surface area contributed by atoms with E-state index in [9.17, 15) is 9.65 Å². The van der Waals surface area contributed by atoms with Crippen LogP contribution < -0.4 is 10.5 Å². The third kappa shape index (κ3) is 2.59. The summed E-state index contributed by atoms with van der Waals surface area (Å²) in [6, 6.07) is 6.87. The second-order valence-corrected chi connectivity index (χ2v) is 6.12. The molecule has 5 nitrogen and oxygen atoms in total. The Bertz CT molecular complexity index is 837. The molecule has 23 heavy (non-hydrogen) atoms. The molecular weight excluding hydrogens is 363 g/mol. The van der Waals surface area contributed by atoms with Crippen LogP contribution in [-0.4, -0.2) is 10.2 Å². The average Bonchev–Trinajstić information content (AvgIpc) is 2.91. The second kappa shape index (κ2) is 6.05. The summed E-state index contributed by atoms with van der Waals surface area (Å²) in [5, 5.41) is 16.6. The fourth-order valence-corrected chi connectivity index (χ4v) is 3.02. The zero-order chi connectivity index (χ0) is 16.6. The zero-order valence-electron chi connectivity index (χ0n) is 12.4. The van der Waals surface area contributed by atoms with Crippen LogP contribution in [0.3, 0.4) is 0 Å². The molecule has 0 amide bonds. The molecular formula is C16H14BrFN4O. The number of aryl methyl sites for hydroxylation is 1. The Morgan fingerprint density at radius 3 is 2.96 bits per heavy atom. The highest BCUT2D eigenvalue weighted by atomic mass is 79.9. The molecule has 0 saturated heterocycles. The van der Waals surface area contributed by atoms with Gasteiger partial charge in [0.15, 0.2) is 0 Å². The molecule has 0 aliphatic carbocycles. The molecule has 0 unspecified atom stereocenters. The van der Waals surface area contributed by atoms with Gasteiger partial charge in [-0.3, -0.25) is 5.10 Å². The van der Waals surface area contributed by atoms with Gasteiger partial charge in [0.05, 0.1) is 10.4 Å². The van der Waals surface area contributed by atoms with E-state index >= 15 is 0 Å². The molecule has 0 radical (unpaired) electrons. The van der Waals surface area contributed by atoms with Crippen molar-refractivity contribution in [2.45, 2.75) is 25.7 Å². The highest BCUT2D eigenvalue weighted by Gasteiger charge is 2.35. The molecule has 2 aromatic rings. The van der Waals surface area contributed by atoms with Gasteiger partial charge in [0.1, 0.15) is 17.5 Å². The Morgan fingerprint density at radius 1 is 1.52 bits per heavy atom. The largest absolute Gasteiger partial charge is 0.420 e. The number of halogens is 2. The maximum absolute atomic E-state index is 14.0. The number of rotatable bonds is 3. The second-order valence-electron chi connectivity index (χ2n) is 5.27. The number of nitrogens with one attached hydrogen (secondary N) is 1. The van der Waals surface area contributed by atoms with Crippen molar-refractivity contribution in [3.8, 4) is 11.9 Å². The molecule has 118 valence electrons. The molecule has 0 saturated carbocycles. The van der Waals surface area contributed by atoms with Gasteiger partial charge < -0.3 is 10.5 Å². The minimum absolute atomic E-state index is 0.00266. The molecule has 0 fully saturated rings. The van der Waals surface area contributed by atoms with Crippen molar-refractivity contribution in [3.05, 3.63) is 56.8 Å². The van der Waals surface area contributed by atoms with E-state index in [0.29, 0.717) is 15.9 Å². The Labute approximate surface area is 141 Å². The molecule has 1 aliphatic heterocycles. The van der Waals surface area contributed by atoms with Crippen molar-refractivity contribution in [2.24, 2.45) is 5.73 Å². The van der Waals surface area contributed by atoms with E-state index in [4.69, 9.17) is 10.5 Å². The lowest BCUT2D eigenvalue weighted by Crippen LogP contribution is -2.21. The van der Waals surface area contributed by atoms with Crippen molar-refractivity contribution in [1.29, 1.82) is 5.26 Å². The smallest absolute Gasteiger partial charge is 0.244 e. The van der Waals surface area contributed by atoms with Crippen molar-refractivity contribution in [1.82, 2.24) is 10.2 Å². The average molecular weight is 377 g/mol.